The van der Waals surface area contributed by atoms with Crippen molar-refractivity contribution in [3.05, 3.63) is 0 Å². The molecule has 2 heterocycles. The fraction of sp³-hybridized carbons (Fsp3) is 0.909. The Bertz CT molecular complexity index is 299. The number of carbonyl (C=O) groups excluding carboxylic acids is 1. The highest BCUT2D eigenvalue weighted by Crippen LogP contribution is 2.27. The third kappa shape index (κ3) is 3.13. The fourth-order valence-electron chi connectivity index (χ4n) is 2.30. The molecular weight excluding hydrogens is 230 g/mol. The Morgan fingerprint density at radius 3 is 2.88 bits per heavy atom. The summed E-state index contributed by atoms with van der Waals surface area (Å²) in [7, 11) is 0. The molecule has 0 aromatic rings. The van der Waals surface area contributed by atoms with E-state index in [1.54, 1.807) is 0 Å². The summed E-state index contributed by atoms with van der Waals surface area (Å²) in [5.74, 6) is -3.06. The summed E-state index contributed by atoms with van der Waals surface area (Å²) in [5.41, 5.74) is 0. The number of amides is 1. The van der Waals surface area contributed by atoms with Gasteiger partial charge in [-0.25, -0.2) is 8.78 Å². The fourth-order valence-corrected chi connectivity index (χ4v) is 2.30. The molecule has 0 unspecified atom stereocenters. The molecule has 0 aliphatic carbocycles. The maximum atomic E-state index is 13.2. The molecule has 0 radical (unpaired) electrons. The van der Waals surface area contributed by atoms with Gasteiger partial charge in [-0.05, 0) is 13.3 Å². The van der Waals surface area contributed by atoms with Gasteiger partial charge >= 0.3 is 0 Å². The molecule has 2 rings (SSSR count). The summed E-state index contributed by atoms with van der Waals surface area (Å²) in [4.78, 5) is 13.2. The number of piperidine rings is 1. The minimum atomic E-state index is -2.75. The normalized spacial score (nSPS) is 33.5. The predicted molar refractivity (Wildman–Crippen MR) is 58.0 cm³/mol. The van der Waals surface area contributed by atoms with Crippen molar-refractivity contribution in [3.63, 3.8) is 0 Å². The molecule has 0 saturated carbocycles. The van der Waals surface area contributed by atoms with E-state index in [9.17, 15) is 13.6 Å². The first-order valence-electron chi connectivity index (χ1n) is 6.01. The monoisotopic (exact) mass is 248 g/mol. The Labute approximate surface area is 99.3 Å². The number of ether oxygens (including phenoxy) is 1. The van der Waals surface area contributed by atoms with Gasteiger partial charge in [-0.3, -0.25) is 4.79 Å². The number of morpholine rings is 1. The van der Waals surface area contributed by atoms with Gasteiger partial charge in [-0.1, -0.05) is 0 Å². The van der Waals surface area contributed by atoms with Crippen LogP contribution in [0.15, 0.2) is 0 Å². The summed E-state index contributed by atoms with van der Waals surface area (Å²) in [6.45, 7) is 2.89. The van der Waals surface area contributed by atoms with Gasteiger partial charge in [0, 0.05) is 26.1 Å². The van der Waals surface area contributed by atoms with Crippen molar-refractivity contribution in [1.29, 1.82) is 0 Å². The molecule has 1 amide bonds. The molecule has 17 heavy (non-hydrogen) atoms. The third-order valence-corrected chi connectivity index (χ3v) is 3.14. The first-order chi connectivity index (χ1) is 7.98. The number of likely N-dealkylation sites (tertiary alicyclic amines) is 1. The van der Waals surface area contributed by atoms with Gasteiger partial charge in [0.05, 0.1) is 12.6 Å². The Morgan fingerprint density at radius 2 is 2.24 bits per heavy atom. The zero-order valence-corrected chi connectivity index (χ0v) is 9.92. The van der Waals surface area contributed by atoms with Crippen molar-refractivity contribution in [2.75, 3.05) is 26.2 Å². The van der Waals surface area contributed by atoms with Crippen LogP contribution in [0.25, 0.3) is 0 Å². The number of rotatable bonds is 1. The van der Waals surface area contributed by atoms with E-state index in [2.05, 4.69) is 5.32 Å². The van der Waals surface area contributed by atoms with Crippen LogP contribution in [0.1, 0.15) is 19.8 Å². The number of carbonyl (C=O) groups is 1. The number of halogens is 2. The van der Waals surface area contributed by atoms with Crippen LogP contribution in [-0.4, -0.2) is 55.1 Å². The molecule has 2 atom stereocenters. The Morgan fingerprint density at radius 1 is 1.47 bits per heavy atom. The summed E-state index contributed by atoms with van der Waals surface area (Å²) < 4.78 is 31.9. The molecule has 0 bridgehead atoms. The molecule has 2 aliphatic heterocycles. The number of hydrogen-bond acceptors (Lipinski definition) is 3. The predicted octanol–water partition coefficient (Wildman–Crippen LogP) is 0.621. The highest BCUT2D eigenvalue weighted by atomic mass is 19.3. The minimum absolute atomic E-state index is 0.0528. The summed E-state index contributed by atoms with van der Waals surface area (Å²) in [5, 5.41) is 3.07. The Kier molecular flexibility index (Phi) is 3.63. The lowest BCUT2D eigenvalue weighted by molar-refractivity contribution is -0.158. The molecule has 2 aliphatic rings. The second-order valence-electron chi connectivity index (χ2n) is 4.81. The van der Waals surface area contributed by atoms with Crippen molar-refractivity contribution in [1.82, 2.24) is 10.2 Å². The first-order valence-corrected chi connectivity index (χ1v) is 6.01. The molecule has 2 saturated heterocycles. The lowest BCUT2D eigenvalue weighted by Gasteiger charge is -2.36. The van der Waals surface area contributed by atoms with Gasteiger partial charge in [0.25, 0.3) is 11.8 Å². The van der Waals surface area contributed by atoms with Gasteiger partial charge in [-0.15, -0.1) is 0 Å². The van der Waals surface area contributed by atoms with Gasteiger partial charge in [0.15, 0.2) is 0 Å². The number of nitrogens with zero attached hydrogens (tertiary/aromatic N) is 1. The zero-order valence-electron chi connectivity index (χ0n) is 9.92. The van der Waals surface area contributed by atoms with E-state index in [1.807, 2.05) is 6.92 Å². The van der Waals surface area contributed by atoms with E-state index < -0.39 is 18.6 Å². The maximum absolute atomic E-state index is 13.2. The molecular formula is C11H18F2N2O2. The second kappa shape index (κ2) is 4.86. The van der Waals surface area contributed by atoms with Crippen LogP contribution in [-0.2, 0) is 9.53 Å². The van der Waals surface area contributed by atoms with Gasteiger partial charge < -0.3 is 15.0 Å². The maximum Gasteiger partial charge on any atom is 0.265 e. The van der Waals surface area contributed by atoms with Crippen molar-refractivity contribution in [2.24, 2.45) is 0 Å². The lowest BCUT2D eigenvalue weighted by Crippen LogP contribution is -2.55. The standard InChI is InChI=1S/C11H18F2N2O2/c1-8-5-14-6-9(17-8)10(16)15-4-2-3-11(12,13)7-15/h8-9,14H,2-7H2,1H3/t8-,9-/m1/s1. The average Bonchev–Trinajstić information content (AvgIpc) is 2.26. The van der Waals surface area contributed by atoms with Crippen molar-refractivity contribution in [3.8, 4) is 0 Å². The summed E-state index contributed by atoms with van der Waals surface area (Å²) in [6.07, 6.45) is -0.443. The van der Waals surface area contributed by atoms with E-state index in [1.165, 1.54) is 4.90 Å². The van der Waals surface area contributed by atoms with Gasteiger partial charge in [0.2, 0.25) is 0 Å². The van der Waals surface area contributed by atoms with Crippen LogP contribution in [0.5, 0.6) is 0 Å². The smallest absolute Gasteiger partial charge is 0.265 e. The number of hydrogen-bond donors (Lipinski definition) is 1. The van der Waals surface area contributed by atoms with Crippen LogP contribution < -0.4 is 5.32 Å². The molecule has 6 heteroatoms. The van der Waals surface area contributed by atoms with Crippen molar-refractivity contribution >= 4 is 5.91 Å². The minimum Gasteiger partial charge on any atom is -0.363 e. The highest BCUT2D eigenvalue weighted by Gasteiger charge is 2.39. The topological polar surface area (TPSA) is 41.6 Å². The summed E-state index contributed by atoms with van der Waals surface area (Å²) in [6, 6.07) is 0. The molecule has 98 valence electrons. The molecule has 0 aromatic heterocycles. The van der Waals surface area contributed by atoms with E-state index in [0.29, 0.717) is 26.1 Å². The molecule has 0 spiro atoms. The molecule has 4 nitrogen and oxygen atoms in total. The first kappa shape index (κ1) is 12.7. The number of nitrogens with one attached hydrogen (secondary N) is 1. The zero-order chi connectivity index (χ0) is 12.5. The Balaban J connectivity index is 1.94. The second-order valence-corrected chi connectivity index (χ2v) is 4.81. The molecule has 1 N–H and O–H groups in total. The number of alkyl halides is 2. The van der Waals surface area contributed by atoms with E-state index in [-0.39, 0.29) is 18.4 Å². The van der Waals surface area contributed by atoms with E-state index in [0.717, 1.165) is 0 Å². The van der Waals surface area contributed by atoms with E-state index in [4.69, 9.17) is 4.74 Å². The largest absolute Gasteiger partial charge is 0.363 e. The SMILES string of the molecule is C[C@@H]1CNC[C@H](C(=O)N2CCCC(F)(F)C2)O1. The van der Waals surface area contributed by atoms with Crippen molar-refractivity contribution in [2.45, 2.75) is 37.9 Å². The average molecular weight is 248 g/mol. The van der Waals surface area contributed by atoms with Crippen LogP contribution in [0.2, 0.25) is 0 Å². The highest BCUT2D eigenvalue weighted by molar-refractivity contribution is 5.81. The van der Waals surface area contributed by atoms with E-state index >= 15 is 0 Å². The van der Waals surface area contributed by atoms with Crippen LogP contribution in [0.4, 0.5) is 8.78 Å². The van der Waals surface area contributed by atoms with Crippen LogP contribution in [0.3, 0.4) is 0 Å². The third-order valence-electron chi connectivity index (χ3n) is 3.14. The molecule has 0 aromatic carbocycles. The summed E-state index contributed by atoms with van der Waals surface area (Å²) >= 11 is 0. The van der Waals surface area contributed by atoms with Gasteiger partial charge in [-0.2, -0.15) is 0 Å². The van der Waals surface area contributed by atoms with Crippen LogP contribution >= 0.6 is 0 Å². The van der Waals surface area contributed by atoms with Crippen LogP contribution in [0, 0.1) is 0 Å². The quantitative estimate of drug-likeness (QED) is 0.739. The van der Waals surface area contributed by atoms with Gasteiger partial charge in [0.1, 0.15) is 6.10 Å². The lowest BCUT2D eigenvalue weighted by atomic mass is 10.1. The van der Waals surface area contributed by atoms with Crippen molar-refractivity contribution < 1.29 is 18.3 Å². The Hall–Kier alpha value is -0.750. The molecule has 2 fully saturated rings.